The van der Waals surface area contributed by atoms with Crippen LogP contribution in [0.4, 0.5) is 0 Å². The van der Waals surface area contributed by atoms with Gasteiger partial charge in [-0.3, -0.25) is 0 Å². The average Bonchev–Trinajstić information content (AvgIpc) is 2.92. The van der Waals surface area contributed by atoms with Crippen LogP contribution < -0.4 is 9.47 Å². The van der Waals surface area contributed by atoms with Gasteiger partial charge in [0, 0.05) is 0 Å². The third kappa shape index (κ3) is 2.88. The molecular weight excluding hydrogens is 188 g/mol. The summed E-state index contributed by atoms with van der Waals surface area (Å²) in [6, 6.07) is 6.11. The average molecular weight is 206 g/mol. The minimum atomic E-state index is 0.188. The SMILES string of the molecule is Cc1ccc(OC2CC2)c(OC(C)C)c1. The topological polar surface area (TPSA) is 18.5 Å². The third-order valence-electron chi connectivity index (χ3n) is 2.28. The van der Waals surface area contributed by atoms with Crippen molar-refractivity contribution in [3.63, 3.8) is 0 Å². The highest BCUT2D eigenvalue weighted by molar-refractivity contribution is 5.43. The van der Waals surface area contributed by atoms with Crippen molar-refractivity contribution in [2.75, 3.05) is 0 Å². The Morgan fingerprint density at radius 2 is 1.93 bits per heavy atom. The molecule has 0 spiro atoms. The summed E-state index contributed by atoms with van der Waals surface area (Å²) >= 11 is 0. The van der Waals surface area contributed by atoms with Crippen molar-refractivity contribution in [2.24, 2.45) is 0 Å². The van der Waals surface area contributed by atoms with E-state index in [9.17, 15) is 0 Å². The van der Waals surface area contributed by atoms with Crippen LogP contribution in [0.15, 0.2) is 18.2 Å². The van der Waals surface area contributed by atoms with Crippen LogP contribution in [0.2, 0.25) is 0 Å². The maximum atomic E-state index is 5.79. The first-order chi connectivity index (χ1) is 7.15. The second-order valence-electron chi connectivity index (χ2n) is 4.43. The normalized spacial score (nSPS) is 15.5. The van der Waals surface area contributed by atoms with E-state index in [1.54, 1.807) is 0 Å². The van der Waals surface area contributed by atoms with Gasteiger partial charge in [0.1, 0.15) is 0 Å². The van der Waals surface area contributed by atoms with E-state index in [0.717, 1.165) is 11.5 Å². The minimum Gasteiger partial charge on any atom is -0.487 e. The van der Waals surface area contributed by atoms with Gasteiger partial charge in [-0.1, -0.05) is 6.07 Å². The molecule has 1 aromatic carbocycles. The van der Waals surface area contributed by atoms with Crippen LogP contribution in [-0.4, -0.2) is 12.2 Å². The van der Waals surface area contributed by atoms with Gasteiger partial charge in [-0.15, -0.1) is 0 Å². The van der Waals surface area contributed by atoms with Gasteiger partial charge in [0.2, 0.25) is 0 Å². The summed E-state index contributed by atoms with van der Waals surface area (Å²) in [5, 5.41) is 0. The second kappa shape index (κ2) is 4.13. The molecule has 0 aliphatic heterocycles. The molecule has 2 heteroatoms. The van der Waals surface area contributed by atoms with Gasteiger partial charge >= 0.3 is 0 Å². The largest absolute Gasteiger partial charge is 0.487 e. The van der Waals surface area contributed by atoms with Crippen LogP contribution in [-0.2, 0) is 0 Å². The van der Waals surface area contributed by atoms with E-state index in [0.29, 0.717) is 6.10 Å². The number of benzene rings is 1. The Bertz CT molecular complexity index is 340. The molecule has 2 nitrogen and oxygen atoms in total. The van der Waals surface area contributed by atoms with Gasteiger partial charge in [0.15, 0.2) is 11.5 Å². The molecule has 0 saturated heterocycles. The Morgan fingerprint density at radius 1 is 1.20 bits per heavy atom. The summed E-state index contributed by atoms with van der Waals surface area (Å²) in [6.07, 6.45) is 2.96. The number of hydrogen-bond acceptors (Lipinski definition) is 2. The monoisotopic (exact) mass is 206 g/mol. The second-order valence-corrected chi connectivity index (χ2v) is 4.43. The molecule has 0 aromatic heterocycles. The van der Waals surface area contributed by atoms with Crippen LogP contribution in [0.3, 0.4) is 0 Å². The first-order valence-corrected chi connectivity index (χ1v) is 5.59. The lowest BCUT2D eigenvalue weighted by atomic mass is 10.2. The predicted molar refractivity (Wildman–Crippen MR) is 60.6 cm³/mol. The molecule has 1 aliphatic carbocycles. The molecule has 1 saturated carbocycles. The number of aryl methyl sites for hydroxylation is 1. The summed E-state index contributed by atoms with van der Waals surface area (Å²) in [5.41, 5.74) is 1.20. The van der Waals surface area contributed by atoms with Crippen molar-refractivity contribution in [3.05, 3.63) is 23.8 Å². The molecule has 1 aromatic rings. The Labute approximate surface area is 91.2 Å². The zero-order chi connectivity index (χ0) is 10.8. The molecule has 0 N–H and O–H groups in total. The Kier molecular flexibility index (Phi) is 2.85. The van der Waals surface area contributed by atoms with Crippen LogP contribution >= 0.6 is 0 Å². The summed E-state index contributed by atoms with van der Waals surface area (Å²) in [6.45, 7) is 6.13. The summed E-state index contributed by atoms with van der Waals surface area (Å²) in [4.78, 5) is 0. The van der Waals surface area contributed by atoms with Crippen molar-refractivity contribution in [2.45, 2.75) is 45.8 Å². The molecule has 15 heavy (non-hydrogen) atoms. The first kappa shape index (κ1) is 10.3. The predicted octanol–water partition coefficient (Wildman–Crippen LogP) is 3.32. The summed E-state index contributed by atoms with van der Waals surface area (Å²) in [5.74, 6) is 1.76. The molecular formula is C13H18O2. The summed E-state index contributed by atoms with van der Waals surface area (Å²) in [7, 11) is 0. The Morgan fingerprint density at radius 3 is 2.53 bits per heavy atom. The molecule has 1 fully saturated rings. The van der Waals surface area contributed by atoms with Crippen molar-refractivity contribution in [3.8, 4) is 11.5 Å². The lowest BCUT2D eigenvalue weighted by molar-refractivity contribution is 0.217. The van der Waals surface area contributed by atoms with Gasteiger partial charge in [0.25, 0.3) is 0 Å². The Hall–Kier alpha value is -1.18. The van der Waals surface area contributed by atoms with E-state index in [2.05, 4.69) is 13.0 Å². The highest BCUT2D eigenvalue weighted by Gasteiger charge is 2.25. The van der Waals surface area contributed by atoms with E-state index in [1.165, 1.54) is 18.4 Å². The van der Waals surface area contributed by atoms with Crippen LogP contribution in [0.5, 0.6) is 11.5 Å². The quantitative estimate of drug-likeness (QED) is 0.752. The van der Waals surface area contributed by atoms with Gasteiger partial charge in [-0.2, -0.15) is 0 Å². The maximum Gasteiger partial charge on any atom is 0.161 e. The van der Waals surface area contributed by atoms with Crippen LogP contribution in [0, 0.1) is 6.92 Å². The molecule has 82 valence electrons. The van der Waals surface area contributed by atoms with Crippen molar-refractivity contribution in [1.29, 1.82) is 0 Å². The molecule has 0 unspecified atom stereocenters. The summed E-state index contributed by atoms with van der Waals surface area (Å²) < 4.78 is 11.5. The zero-order valence-electron chi connectivity index (χ0n) is 9.62. The Balaban J connectivity index is 2.17. The van der Waals surface area contributed by atoms with Gasteiger partial charge in [0.05, 0.1) is 12.2 Å². The highest BCUT2D eigenvalue weighted by Crippen LogP contribution is 2.34. The van der Waals surface area contributed by atoms with Gasteiger partial charge in [-0.05, 0) is 51.3 Å². The first-order valence-electron chi connectivity index (χ1n) is 5.59. The van der Waals surface area contributed by atoms with E-state index in [4.69, 9.17) is 9.47 Å². The molecule has 0 bridgehead atoms. The number of rotatable bonds is 4. The zero-order valence-corrected chi connectivity index (χ0v) is 9.62. The number of ether oxygens (including phenoxy) is 2. The smallest absolute Gasteiger partial charge is 0.161 e. The van der Waals surface area contributed by atoms with Crippen LogP contribution in [0.25, 0.3) is 0 Å². The van der Waals surface area contributed by atoms with Crippen molar-refractivity contribution >= 4 is 0 Å². The van der Waals surface area contributed by atoms with Gasteiger partial charge in [-0.25, -0.2) is 0 Å². The molecule has 1 aliphatic rings. The van der Waals surface area contributed by atoms with E-state index in [1.807, 2.05) is 26.0 Å². The molecule has 0 amide bonds. The lowest BCUT2D eigenvalue weighted by Crippen LogP contribution is -2.08. The van der Waals surface area contributed by atoms with E-state index >= 15 is 0 Å². The molecule has 0 radical (unpaired) electrons. The fourth-order valence-corrected chi connectivity index (χ4v) is 1.42. The van der Waals surface area contributed by atoms with E-state index < -0.39 is 0 Å². The maximum absolute atomic E-state index is 5.79. The number of hydrogen-bond donors (Lipinski definition) is 0. The molecule has 0 heterocycles. The third-order valence-corrected chi connectivity index (χ3v) is 2.28. The van der Waals surface area contributed by atoms with E-state index in [-0.39, 0.29) is 6.10 Å². The van der Waals surface area contributed by atoms with Crippen molar-refractivity contribution in [1.82, 2.24) is 0 Å². The molecule has 0 atom stereocenters. The molecule has 2 rings (SSSR count). The van der Waals surface area contributed by atoms with Crippen molar-refractivity contribution < 1.29 is 9.47 Å². The highest BCUT2D eigenvalue weighted by atomic mass is 16.5. The fourth-order valence-electron chi connectivity index (χ4n) is 1.42. The van der Waals surface area contributed by atoms with Gasteiger partial charge < -0.3 is 9.47 Å². The fraction of sp³-hybridized carbons (Fsp3) is 0.538. The minimum absolute atomic E-state index is 0.188. The van der Waals surface area contributed by atoms with Crippen LogP contribution in [0.1, 0.15) is 32.3 Å². The lowest BCUT2D eigenvalue weighted by Gasteiger charge is -2.15. The standard InChI is InChI=1S/C13H18O2/c1-9(2)14-13-8-10(3)4-7-12(13)15-11-5-6-11/h4,7-9,11H,5-6H2,1-3H3.